The molecule has 1 aromatic carbocycles. The number of hydrogen-bond acceptors (Lipinski definition) is 4. The van der Waals surface area contributed by atoms with E-state index < -0.39 is 15.3 Å². The number of nitrogens with one attached hydrogen (secondary N) is 1. The van der Waals surface area contributed by atoms with Gasteiger partial charge in [0.05, 0.1) is 16.8 Å². The average molecular weight is 260 g/mol. The highest BCUT2D eigenvalue weighted by Gasteiger charge is 2.20. The van der Waals surface area contributed by atoms with E-state index in [4.69, 9.17) is 22.6 Å². The van der Waals surface area contributed by atoms with E-state index >= 15 is 0 Å². The van der Waals surface area contributed by atoms with Gasteiger partial charge in [0.25, 0.3) is 0 Å². The lowest BCUT2D eigenvalue weighted by Crippen LogP contribution is -2.24. The molecule has 1 atom stereocenters. The standard InChI is InChI=1S/C9H10ClN3O2S/c1-6(5-11)16(14,15)13-9-4-7(12)2-3-8(9)10/h2-4,6,13H,12H2,1H3. The van der Waals surface area contributed by atoms with Crippen LogP contribution < -0.4 is 10.5 Å². The number of benzene rings is 1. The summed E-state index contributed by atoms with van der Waals surface area (Å²) in [4.78, 5) is 0. The number of hydrogen-bond donors (Lipinski definition) is 2. The molecule has 0 saturated heterocycles. The Morgan fingerprint density at radius 2 is 2.19 bits per heavy atom. The molecule has 0 aliphatic rings. The van der Waals surface area contributed by atoms with Crippen molar-refractivity contribution in [1.29, 1.82) is 5.26 Å². The minimum absolute atomic E-state index is 0.170. The number of nitrogen functional groups attached to an aromatic ring is 1. The quantitative estimate of drug-likeness (QED) is 0.806. The molecule has 0 saturated carbocycles. The van der Waals surface area contributed by atoms with Crippen LogP contribution >= 0.6 is 11.6 Å². The van der Waals surface area contributed by atoms with Gasteiger partial charge in [-0.1, -0.05) is 11.6 Å². The predicted molar refractivity (Wildman–Crippen MR) is 63.5 cm³/mol. The van der Waals surface area contributed by atoms with Gasteiger partial charge in [-0.3, -0.25) is 4.72 Å². The zero-order valence-corrected chi connectivity index (χ0v) is 10.0. The third-order valence-electron chi connectivity index (χ3n) is 1.89. The molecule has 0 bridgehead atoms. The highest BCUT2D eigenvalue weighted by Crippen LogP contribution is 2.25. The molecule has 7 heteroatoms. The average Bonchev–Trinajstić information content (AvgIpc) is 2.22. The van der Waals surface area contributed by atoms with Gasteiger partial charge in [0.1, 0.15) is 0 Å². The van der Waals surface area contributed by atoms with Gasteiger partial charge in [0.2, 0.25) is 10.0 Å². The summed E-state index contributed by atoms with van der Waals surface area (Å²) in [5, 5.41) is 7.61. The van der Waals surface area contributed by atoms with Gasteiger partial charge < -0.3 is 5.73 Å². The Hall–Kier alpha value is -1.45. The first-order valence-electron chi connectivity index (χ1n) is 4.33. The molecule has 0 radical (unpaired) electrons. The van der Waals surface area contributed by atoms with E-state index in [0.717, 1.165) is 0 Å². The van der Waals surface area contributed by atoms with Crippen LogP contribution in [0.15, 0.2) is 18.2 Å². The first-order valence-corrected chi connectivity index (χ1v) is 6.25. The maximum Gasteiger partial charge on any atom is 0.248 e. The van der Waals surface area contributed by atoms with Crippen molar-refractivity contribution < 1.29 is 8.42 Å². The molecular weight excluding hydrogens is 250 g/mol. The summed E-state index contributed by atoms with van der Waals surface area (Å²) in [6.07, 6.45) is 0. The van der Waals surface area contributed by atoms with E-state index in [0.29, 0.717) is 5.69 Å². The van der Waals surface area contributed by atoms with E-state index in [2.05, 4.69) is 4.72 Å². The smallest absolute Gasteiger partial charge is 0.248 e. The van der Waals surface area contributed by atoms with Crippen molar-refractivity contribution in [3.8, 4) is 6.07 Å². The fourth-order valence-electron chi connectivity index (χ4n) is 0.932. The Kier molecular flexibility index (Phi) is 3.62. The first kappa shape index (κ1) is 12.6. The fourth-order valence-corrected chi connectivity index (χ4v) is 1.94. The summed E-state index contributed by atoms with van der Waals surface area (Å²) in [6, 6.07) is 6.05. The molecule has 0 amide bonds. The predicted octanol–water partition coefficient (Wildman–Crippen LogP) is 1.58. The van der Waals surface area contributed by atoms with Crippen molar-refractivity contribution in [2.45, 2.75) is 12.2 Å². The Morgan fingerprint density at radius 3 is 2.75 bits per heavy atom. The summed E-state index contributed by atoms with van der Waals surface area (Å²) in [5.74, 6) is 0. The maximum absolute atomic E-state index is 11.6. The zero-order chi connectivity index (χ0) is 12.3. The Morgan fingerprint density at radius 1 is 1.56 bits per heavy atom. The molecular formula is C9H10ClN3O2S. The first-order chi connectivity index (χ1) is 7.36. The third-order valence-corrected chi connectivity index (χ3v) is 3.76. The Balaban J connectivity index is 3.07. The maximum atomic E-state index is 11.6. The van der Waals surface area contributed by atoms with Crippen LogP contribution in [0.2, 0.25) is 5.02 Å². The minimum atomic E-state index is -3.75. The molecule has 0 aromatic heterocycles. The van der Waals surface area contributed by atoms with E-state index in [1.165, 1.54) is 19.1 Å². The van der Waals surface area contributed by atoms with Crippen molar-refractivity contribution >= 4 is 33.0 Å². The molecule has 0 fully saturated rings. The molecule has 5 nitrogen and oxygen atoms in total. The molecule has 3 N–H and O–H groups in total. The molecule has 0 aliphatic heterocycles. The van der Waals surface area contributed by atoms with E-state index in [1.807, 2.05) is 0 Å². The SMILES string of the molecule is CC(C#N)S(=O)(=O)Nc1cc(N)ccc1Cl. The minimum Gasteiger partial charge on any atom is -0.399 e. The number of nitriles is 1. The Bertz CT molecular complexity index is 536. The number of nitrogens with two attached hydrogens (primary N) is 1. The van der Waals surface area contributed by atoms with Crippen molar-refractivity contribution in [3.05, 3.63) is 23.2 Å². The highest BCUT2D eigenvalue weighted by molar-refractivity contribution is 7.93. The lowest BCUT2D eigenvalue weighted by Gasteiger charge is -2.11. The van der Waals surface area contributed by atoms with E-state index in [9.17, 15) is 8.42 Å². The molecule has 1 rings (SSSR count). The topological polar surface area (TPSA) is 96.0 Å². The number of sulfonamides is 1. The van der Waals surface area contributed by atoms with Crippen molar-refractivity contribution in [1.82, 2.24) is 0 Å². The van der Waals surface area contributed by atoms with Crippen LogP contribution in [0, 0.1) is 11.3 Å². The Labute approximate surface area is 98.9 Å². The molecule has 1 aromatic rings. The molecule has 16 heavy (non-hydrogen) atoms. The zero-order valence-electron chi connectivity index (χ0n) is 8.44. The molecule has 0 aliphatic carbocycles. The van der Waals surface area contributed by atoms with Crippen LogP contribution in [-0.4, -0.2) is 13.7 Å². The van der Waals surface area contributed by atoms with Gasteiger partial charge in [-0.15, -0.1) is 0 Å². The van der Waals surface area contributed by atoms with Crippen LogP contribution in [0.4, 0.5) is 11.4 Å². The van der Waals surface area contributed by atoms with Crippen LogP contribution in [0.25, 0.3) is 0 Å². The van der Waals surface area contributed by atoms with Gasteiger partial charge in [-0.2, -0.15) is 5.26 Å². The number of nitrogens with zero attached hydrogens (tertiary/aromatic N) is 1. The van der Waals surface area contributed by atoms with Crippen LogP contribution in [0.3, 0.4) is 0 Å². The molecule has 0 spiro atoms. The van der Waals surface area contributed by atoms with Crippen molar-refractivity contribution in [3.63, 3.8) is 0 Å². The van der Waals surface area contributed by atoms with E-state index in [-0.39, 0.29) is 10.7 Å². The second kappa shape index (κ2) is 4.60. The molecule has 0 heterocycles. The van der Waals surface area contributed by atoms with Gasteiger partial charge in [-0.25, -0.2) is 8.42 Å². The van der Waals surface area contributed by atoms with Crippen LogP contribution in [-0.2, 0) is 10.0 Å². The van der Waals surface area contributed by atoms with Gasteiger partial charge in [0.15, 0.2) is 5.25 Å². The number of rotatable bonds is 3. The van der Waals surface area contributed by atoms with Gasteiger partial charge >= 0.3 is 0 Å². The largest absolute Gasteiger partial charge is 0.399 e. The molecule has 86 valence electrons. The summed E-state index contributed by atoms with van der Waals surface area (Å²) >= 11 is 5.78. The van der Waals surface area contributed by atoms with Crippen LogP contribution in [0.5, 0.6) is 0 Å². The summed E-state index contributed by atoms with van der Waals surface area (Å²) < 4.78 is 25.3. The normalized spacial score (nSPS) is 12.8. The summed E-state index contributed by atoms with van der Waals surface area (Å²) in [5.41, 5.74) is 6.05. The van der Waals surface area contributed by atoms with Crippen molar-refractivity contribution in [2.75, 3.05) is 10.5 Å². The van der Waals surface area contributed by atoms with Crippen molar-refractivity contribution in [2.24, 2.45) is 0 Å². The lowest BCUT2D eigenvalue weighted by atomic mass is 10.3. The summed E-state index contributed by atoms with van der Waals surface area (Å²) in [6.45, 7) is 1.28. The second-order valence-corrected chi connectivity index (χ2v) is 5.57. The second-order valence-electron chi connectivity index (χ2n) is 3.16. The fraction of sp³-hybridized carbons (Fsp3) is 0.222. The monoisotopic (exact) mass is 259 g/mol. The third kappa shape index (κ3) is 2.78. The molecule has 1 unspecified atom stereocenters. The highest BCUT2D eigenvalue weighted by atomic mass is 35.5. The number of halogens is 1. The lowest BCUT2D eigenvalue weighted by molar-refractivity contribution is 0.597. The number of anilines is 2. The summed E-state index contributed by atoms with van der Waals surface area (Å²) in [7, 11) is -3.75. The van der Waals surface area contributed by atoms with E-state index in [1.54, 1.807) is 12.1 Å². The van der Waals surface area contributed by atoms with Gasteiger partial charge in [0, 0.05) is 5.69 Å². The van der Waals surface area contributed by atoms with Gasteiger partial charge in [-0.05, 0) is 25.1 Å². The van der Waals surface area contributed by atoms with Crippen LogP contribution in [0.1, 0.15) is 6.92 Å².